The van der Waals surface area contributed by atoms with Crippen molar-refractivity contribution in [1.29, 1.82) is 0 Å². The van der Waals surface area contributed by atoms with Gasteiger partial charge in [0.1, 0.15) is 6.61 Å². The van der Waals surface area contributed by atoms with Crippen molar-refractivity contribution in [2.24, 2.45) is 11.8 Å². The fourth-order valence-electron chi connectivity index (χ4n) is 1.59. The number of hydrogen-bond donors (Lipinski definition) is 1. The van der Waals surface area contributed by atoms with E-state index in [-0.39, 0.29) is 18.3 Å². The minimum Gasteiger partial charge on any atom is -0.372 e. The third-order valence-corrected chi connectivity index (χ3v) is 2.60. The van der Waals surface area contributed by atoms with Crippen LogP contribution in [0.15, 0.2) is 0 Å². The Morgan fingerprint density at radius 1 is 1.60 bits per heavy atom. The minimum atomic E-state index is 0.0781. The van der Waals surface area contributed by atoms with Crippen LogP contribution >= 0.6 is 0 Å². The Hall–Kier alpha value is -0.490. The topological polar surface area (TPSA) is 58.8 Å². The minimum absolute atomic E-state index is 0.0781. The van der Waals surface area contributed by atoms with E-state index in [9.17, 15) is 4.79 Å². The Morgan fingerprint density at radius 3 is 2.87 bits per heavy atom. The molecule has 1 saturated heterocycles. The van der Waals surface area contributed by atoms with Gasteiger partial charge < -0.3 is 9.64 Å². The molecule has 5 heteroatoms. The van der Waals surface area contributed by atoms with E-state index in [0.717, 1.165) is 19.5 Å². The standard InChI is InChI=1S/C10H21N3O2/c1-12(2)5-6-15-8-10(14)9-3-4-13(11)7-9/h9H,3-8,11H2,1-2H3. The monoisotopic (exact) mass is 215 g/mol. The summed E-state index contributed by atoms with van der Waals surface area (Å²) < 4.78 is 5.30. The normalized spacial score (nSPS) is 22.5. The second-order valence-electron chi connectivity index (χ2n) is 4.30. The summed E-state index contributed by atoms with van der Waals surface area (Å²) >= 11 is 0. The molecule has 0 spiro atoms. The Morgan fingerprint density at radius 2 is 2.33 bits per heavy atom. The molecule has 5 nitrogen and oxygen atoms in total. The smallest absolute Gasteiger partial charge is 0.162 e. The quantitative estimate of drug-likeness (QED) is 0.470. The molecule has 0 aromatic carbocycles. The van der Waals surface area contributed by atoms with Gasteiger partial charge in [0.05, 0.1) is 6.61 Å². The molecular weight excluding hydrogens is 194 g/mol. The molecule has 0 aliphatic carbocycles. The maximum absolute atomic E-state index is 11.6. The third-order valence-electron chi connectivity index (χ3n) is 2.60. The van der Waals surface area contributed by atoms with Crippen LogP contribution in [0, 0.1) is 5.92 Å². The number of hydrazine groups is 1. The second-order valence-corrected chi connectivity index (χ2v) is 4.30. The van der Waals surface area contributed by atoms with Crippen molar-refractivity contribution in [2.45, 2.75) is 6.42 Å². The van der Waals surface area contributed by atoms with Crippen molar-refractivity contribution in [2.75, 3.05) is 46.9 Å². The Bertz CT molecular complexity index is 209. The van der Waals surface area contributed by atoms with E-state index in [4.69, 9.17) is 10.6 Å². The molecule has 1 heterocycles. The average Bonchev–Trinajstić information content (AvgIpc) is 2.59. The van der Waals surface area contributed by atoms with E-state index in [1.165, 1.54) is 0 Å². The highest BCUT2D eigenvalue weighted by molar-refractivity contribution is 5.82. The predicted octanol–water partition coefficient (Wildman–Crippen LogP) is -0.671. The molecule has 1 rings (SSSR count). The number of ether oxygens (including phenoxy) is 1. The largest absolute Gasteiger partial charge is 0.372 e. The lowest BCUT2D eigenvalue weighted by atomic mass is 10.0. The summed E-state index contributed by atoms with van der Waals surface area (Å²) in [5, 5.41) is 1.70. The van der Waals surface area contributed by atoms with Crippen molar-refractivity contribution in [1.82, 2.24) is 9.91 Å². The van der Waals surface area contributed by atoms with Crippen LogP contribution in [0.4, 0.5) is 0 Å². The zero-order chi connectivity index (χ0) is 11.3. The van der Waals surface area contributed by atoms with Crippen molar-refractivity contribution in [3.8, 4) is 0 Å². The number of nitrogens with zero attached hydrogens (tertiary/aromatic N) is 2. The number of nitrogens with two attached hydrogens (primary N) is 1. The van der Waals surface area contributed by atoms with Gasteiger partial charge in [0.15, 0.2) is 5.78 Å². The van der Waals surface area contributed by atoms with Crippen LogP contribution < -0.4 is 5.84 Å². The number of hydrogen-bond acceptors (Lipinski definition) is 5. The van der Waals surface area contributed by atoms with Crippen LogP contribution in [-0.2, 0) is 9.53 Å². The summed E-state index contributed by atoms with van der Waals surface area (Å²) in [6.45, 7) is 3.18. The lowest BCUT2D eigenvalue weighted by Crippen LogP contribution is -2.30. The molecule has 0 bridgehead atoms. The van der Waals surface area contributed by atoms with Gasteiger partial charge in [0, 0.05) is 25.6 Å². The fourth-order valence-corrected chi connectivity index (χ4v) is 1.59. The Balaban J connectivity index is 2.08. The summed E-state index contributed by atoms with van der Waals surface area (Å²) in [6.07, 6.45) is 0.867. The predicted molar refractivity (Wildman–Crippen MR) is 58.2 cm³/mol. The van der Waals surface area contributed by atoms with E-state index in [1.54, 1.807) is 5.01 Å². The van der Waals surface area contributed by atoms with E-state index >= 15 is 0 Å². The first kappa shape index (κ1) is 12.6. The first-order valence-electron chi connectivity index (χ1n) is 5.34. The first-order chi connectivity index (χ1) is 7.09. The fraction of sp³-hybridized carbons (Fsp3) is 0.900. The van der Waals surface area contributed by atoms with Crippen LogP contribution in [0.25, 0.3) is 0 Å². The summed E-state index contributed by atoms with van der Waals surface area (Å²) in [6, 6.07) is 0. The molecule has 88 valence electrons. The summed E-state index contributed by atoms with van der Waals surface area (Å²) in [5.41, 5.74) is 0. The van der Waals surface area contributed by atoms with Crippen molar-refractivity contribution < 1.29 is 9.53 Å². The second kappa shape index (κ2) is 6.17. The van der Waals surface area contributed by atoms with Gasteiger partial charge in [0.2, 0.25) is 0 Å². The molecule has 0 aromatic heterocycles. The lowest BCUT2D eigenvalue weighted by molar-refractivity contribution is -0.127. The molecule has 0 amide bonds. The maximum atomic E-state index is 11.6. The van der Waals surface area contributed by atoms with Gasteiger partial charge in [-0.25, -0.2) is 5.01 Å². The molecule has 2 N–H and O–H groups in total. The van der Waals surface area contributed by atoms with Crippen LogP contribution in [0.1, 0.15) is 6.42 Å². The third kappa shape index (κ3) is 4.70. The van der Waals surface area contributed by atoms with Crippen LogP contribution in [0.5, 0.6) is 0 Å². The average molecular weight is 215 g/mol. The summed E-state index contributed by atoms with van der Waals surface area (Å²) in [7, 11) is 3.96. The highest BCUT2D eigenvalue weighted by Crippen LogP contribution is 2.13. The van der Waals surface area contributed by atoms with E-state index in [0.29, 0.717) is 13.2 Å². The molecule has 1 aliphatic heterocycles. The van der Waals surface area contributed by atoms with Gasteiger partial charge >= 0.3 is 0 Å². The highest BCUT2D eigenvalue weighted by atomic mass is 16.5. The van der Waals surface area contributed by atoms with E-state index in [2.05, 4.69) is 0 Å². The number of carbonyl (C=O) groups is 1. The van der Waals surface area contributed by atoms with Gasteiger partial charge in [-0.3, -0.25) is 10.6 Å². The molecule has 0 aromatic rings. The number of ketones is 1. The summed E-state index contributed by atoms with van der Waals surface area (Å²) in [5.74, 6) is 5.85. The van der Waals surface area contributed by atoms with Crippen LogP contribution in [0.2, 0.25) is 0 Å². The summed E-state index contributed by atoms with van der Waals surface area (Å²) in [4.78, 5) is 13.6. The number of likely N-dealkylation sites (N-methyl/N-ethyl adjacent to an activating group) is 1. The molecular formula is C10H21N3O2. The van der Waals surface area contributed by atoms with E-state index < -0.39 is 0 Å². The number of Topliss-reactive ketones (excluding diaryl/α,β-unsaturated/α-hetero) is 1. The molecule has 1 atom stereocenters. The van der Waals surface area contributed by atoms with Crippen molar-refractivity contribution >= 4 is 5.78 Å². The van der Waals surface area contributed by atoms with Gasteiger partial charge in [-0.05, 0) is 20.5 Å². The van der Waals surface area contributed by atoms with E-state index in [1.807, 2.05) is 19.0 Å². The van der Waals surface area contributed by atoms with Crippen molar-refractivity contribution in [3.63, 3.8) is 0 Å². The highest BCUT2D eigenvalue weighted by Gasteiger charge is 2.26. The lowest BCUT2D eigenvalue weighted by Gasteiger charge is -2.11. The zero-order valence-electron chi connectivity index (χ0n) is 9.61. The molecule has 1 unspecified atom stereocenters. The SMILES string of the molecule is CN(C)CCOCC(=O)C1CCN(N)C1. The number of carbonyl (C=O) groups excluding carboxylic acids is 1. The molecule has 1 aliphatic rings. The van der Waals surface area contributed by atoms with Gasteiger partial charge in [-0.15, -0.1) is 0 Å². The van der Waals surface area contributed by atoms with Crippen LogP contribution in [0.3, 0.4) is 0 Å². The molecule has 1 fully saturated rings. The zero-order valence-corrected chi connectivity index (χ0v) is 9.61. The van der Waals surface area contributed by atoms with Crippen molar-refractivity contribution in [3.05, 3.63) is 0 Å². The number of rotatable bonds is 6. The molecule has 0 radical (unpaired) electrons. The molecule has 0 saturated carbocycles. The Kier molecular flexibility index (Phi) is 5.17. The Labute approximate surface area is 91.1 Å². The van der Waals surface area contributed by atoms with Gasteiger partial charge in [0.25, 0.3) is 0 Å². The van der Waals surface area contributed by atoms with Crippen LogP contribution in [-0.4, -0.2) is 62.6 Å². The molecule has 15 heavy (non-hydrogen) atoms. The maximum Gasteiger partial charge on any atom is 0.162 e. The van der Waals surface area contributed by atoms with Gasteiger partial charge in [-0.1, -0.05) is 0 Å². The van der Waals surface area contributed by atoms with Gasteiger partial charge in [-0.2, -0.15) is 0 Å². The first-order valence-corrected chi connectivity index (χ1v) is 5.34.